The van der Waals surface area contributed by atoms with Crippen LogP contribution in [-0.2, 0) is 9.59 Å². The summed E-state index contributed by atoms with van der Waals surface area (Å²) in [4.78, 5) is 23.8. The van der Waals surface area contributed by atoms with Crippen LogP contribution in [0.4, 0.5) is 0 Å². The highest BCUT2D eigenvalue weighted by molar-refractivity contribution is 6.00. The van der Waals surface area contributed by atoms with E-state index in [1.807, 2.05) is 0 Å². The standard InChI is InChI=1S/C8H13NO2/c1-6(10)7-4-3-5-9(2)8(7)11/h7H,3-5H2,1-2H3. The number of carbonyl (C=O) groups is 2. The SMILES string of the molecule is CC(=O)C1CCCN(C)C1=O. The Morgan fingerprint density at radius 3 is 2.73 bits per heavy atom. The molecule has 1 heterocycles. The van der Waals surface area contributed by atoms with Gasteiger partial charge in [-0.15, -0.1) is 0 Å². The van der Waals surface area contributed by atoms with Crippen molar-refractivity contribution in [2.24, 2.45) is 5.92 Å². The highest BCUT2D eigenvalue weighted by Gasteiger charge is 2.29. The normalized spacial score (nSPS) is 25.5. The number of amides is 1. The quantitative estimate of drug-likeness (QED) is 0.515. The van der Waals surface area contributed by atoms with Gasteiger partial charge in [-0.2, -0.15) is 0 Å². The molecule has 1 saturated heterocycles. The molecular weight excluding hydrogens is 142 g/mol. The molecular formula is C8H13NO2. The van der Waals surface area contributed by atoms with E-state index in [4.69, 9.17) is 0 Å². The first-order valence-corrected chi connectivity index (χ1v) is 3.88. The van der Waals surface area contributed by atoms with Crippen LogP contribution in [0.25, 0.3) is 0 Å². The maximum absolute atomic E-state index is 11.3. The third-order valence-electron chi connectivity index (χ3n) is 2.15. The van der Waals surface area contributed by atoms with Crippen LogP contribution < -0.4 is 0 Å². The van der Waals surface area contributed by atoms with E-state index in [1.165, 1.54) is 6.92 Å². The predicted octanol–water partition coefficient (Wildman–Crippen LogP) is 0.444. The lowest BCUT2D eigenvalue weighted by molar-refractivity contribution is -0.142. The molecule has 0 spiro atoms. The van der Waals surface area contributed by atoms with Gasteiger partial charge in [0.05, 0.1) is 5.92 Å². The van der Waals surface area contributed by atoms with Gasteiger partial charge in [0.15, 0.2) is 0 Å². The molecule has 0 saturated carbocycles. The van der Waals surface area contributed by atoms with Gasteiger partial charge < -0.3 is 4.90 Å². The maximum atomic E-state index is 11.3. The largest absolute Gasteiger partial charge is 0.345 e. The lowest BCUT2D eigenvalue weighted by Gasteiger charge is -2.27. The van der Waals surface area contributed by atoms with Crippen molar-refractivity contribution in [3.8, 4) is 0 Å². The second-order valence-electron chi connectivity index (χ2n) is 3.07. The average molecular weight is 155 g/mol. The van der Waals surface area contributed by atoms with Gasteiger partial charge in [-0.05, 0) is 19.8 Å². The van der Waals surface area contributed by atoms with Gasteiger partial charge in [0.2, 0.25) is 5.91 Å². The fraction of sp³-hybridized carbons (Fsp3) is 0.750. The Bertz CT molecular complexity index is 189. The fourth-order valence-corrected chi connectivity index (χ4v) is 1.41. The van der Waals surface area contributed by atoms with Gasteiger partial charge in [-0.25, -0.2) is 0 Å². The molecule has 3 heteroatoms. The van der Waals surface area contributed by atoms with Crippen molar-refractivity contribution in [3.63, 3.8) is 0 Å². The Labute approximate surface area is 66.4 Å². The average Bonchev–Trinajstić information content (AvgIpc) is 1.94. The molecule has 1 aliphatic heterocycles. The zero-order valence-corrected chi connectivity index (χ0v) is 6.96. The Balaban J connectivity index is 2.66. The van der Waals surface area contributed by atoms with Crippen LogP contribution in [0.15, 0.2) is 0 Å². The Hall–Kier alpha value is -0.860. The minimum absolute atomic E-state index is 0.00144. The molecule has 1 amide bonds. The molecule has 0 aromatic heterocycles. The number of hydrogen-bond donors (Lipinski definition) is 0. The van der Waals surface area contributed by atoms with Crippen molar-refractivity contribution in [3.05, 3.63) is 0 Å². The van der Waals surface area contributed by atoms with Crippen LogP contribution in [0, 0.1) is 5.92 Å². The van der Waals surface area contributed by atoms with Crippen molar-refractivity contribution in [1.82, 2.24) is 4.90 Å². The first-order valence-electron chi connectivity index (χ1n) is 3.88. The number of nitrogens with zero attached hydrogens (tertiary/aromatic N) is 1. The highest BCUT2D eigenvalue weighted by Crippen LogP contribution is 2.16. The highest BCUT2D eigenvalue weighted by atomic mass is 16.2. The zero-order chi connectivity index (χ0) is 8.43. The smallest absolute Gasteiger partial charge is 0.232 e. The molecule has 1 rings (SSSR count). The number of hydrogen-bond acceptors (Lipinski definition) is 2. The van der Waals surface area contributed by atoms with Gasteiger partial charge in [-0.3, -0.25) is 9.59 Å². The van der Waals surface area contributed by atoms with Crippen LogP contribution in [0.2, 0.25) is 0 Å². The van der Waals surface area contributed by atoms with Gasteiger partial charge in [0.1, 0.15) is 5.78 Å². The van der Waals surface area contributed by atoms with Crippen molar-refractivity contribution < 1.29 is 9.59 Å². The number of Topliss-reactive ketones (excluding diaryl/α,β-unsaturated/α-hetero) is 1. The molecule has 1 fully saturated rings. The van der Waals surface area contributed by atoms with Crippen molar-refractivity contribution >= 4 is 11.7 Å². The van der Waals surface area contributed by atoms with E-state index in [0.29, 0.717) is 0 Å². The molecule has 0 aromatic carbocycles. The summed E-state index contributed by atoms with van der Waals surface area (Å²) in [6.07, 6.45) is 1.69. The number of rotatable bonds is 1. The molecule has 0 aromatic rings. The van der Waals surface area contributed by atoms with Crippen molar-refractivity contribution in [2.75, 3.05) is 13.6 Å². The summed E-state index contributed by atoms with van der Waals surface area (Å²) in [7, 11) is 1.75. The van der Waals surface area contributed by atoms with Crippen LogP contribution in [0.5, 0.6) is 0 Å². The monoisotopic (exact) mass is 155 g/mol. The number of likely N-dealkylation sites (tertiary alicyclic amines) is 1. The predicted molar refractivity (Wildman–Crippen MR) is 41.0 cm³/mol. The number of piperidine rings is 1. The van der Waals surface area contributed by atoms with Crippen molar-refractivity contribution in [1.29, 1.82) is 0 Å². The lowest BCUT2D eigenvalue weighted by Crippen LogP contribution is -2.41. The van der Waals surface area contributed by atoms with E-state index in [2.05, 4.69) is 0 Å². The Morgan fingerprint density at radius 1 is 1.64 bits per heavy atom. The summed E-state index contributed by atoms with van der Waals surface area (Å²) < 4.78 is 0. The van der Waals surface area contributed by atoms with Crippen LogP contribution in [0.3, 0.4) is 0 Å². The van der Waals surface area contributed by atoms with Gasteiger partial charge in [0.25, 0.3) is 0 Å². The van der Waals surface area contributed by atoms with Gasteiger partial charge in [0, 0.05) is 13.6 Å². The lowest BCUT2D eigenvalue weighted by atomic mass is 9.94. The Kier molecular flexibility index (Phi) is 2.27. The minimum atomic E-state index is -0.353. The second kappa shape index (κ2) is 3.03. The van der Waals surface area contributed by atoms with Crippen LogP contribution in [-0.4, -0.2) is 30.2 Å². The summed E-state index contributed by atoms with van der Waals surface area (Å²) in [5, 5.41) is 0. The van der Waals surface area contributed by atoms with Crippen molar-refractivity contribution in [2.45, 2.75) is 19.8 Å². The second-order valence-corrected chi connectivity index (χ2v) is 3.07. The molecule has 11 heavy (non-hydrogen) atoms. The molecule has 0 aliphatic carbocycles. The molecule has 3 nitrogen and oxygen atoms in total. The third-order valence-corrected chi connectivity index (χ3v) is 2.15. The first-order chi connectivity index (χ1) is 5.13. The number of carbonyl (C=O) groups excluding carboxylic acids is 2. The van der Waals surface area contributed by atoms with Crippen LogP contribution >= 0.6 is 0 Å². The molecule has 1 aliphatic rings. The van der Waals surface area contributed by atoms with E-state index in [1.54, 1.807) is 11.9 Å². The maximum Gasteiger partial charge on any atom is 0.232 e. The van der Waals surface area contributed by atoms with Gasteiger partial charge >= 0.3 is 0 Å². The minimum Gasteiger partial charge on any atom is -0.345 e. The third kappa shape index (κ3) is 1.59. The van der Waals surface area contributed by atoms with E-state index in [-0.39, 0.29) is 17.6 Å². The molecule has 1 unspecified atom stereocenters. The summed E-state index contributed by atoms with van der Waals surface area (Å²) in [5.74, 6) is -0.362. The van der Waals surface area contributed by atoms with Crippen LogP contribution in [0.1, 0.15) is 19.8 Å². The van der Waals surface area contributed by atoms with E-state index in [0.717, 1.165) is 19.4 Å². The first kappa shape index (κ1) is 8.24. The van der Waals surface area contributed by atoms with Gasteiger partial charge in [-0.1, -0.05) is 0 Å². The summed E-state index contributed by atoms with van der Waals surface area (Å²) in [5.41, 5.74) is 0. The fourth-order valence-electron chi connectivity index (χ4n) is 1.41. The molecule has 0 radical (unpaired) electrons. The summed E-state index contributed by atoms with van der Waals surface area (Å²) >= 11 is 0. The molecule has 0 N–H and O–H groups in total. The van der Waals surface area contributed by atoms with E-state index >= 15 is 0 Å². The topological polar surface area (TPSA) is 37.4 Å². The molecule has 62 valence electrons. The zero-order valence-electron chi connectivity index (χ0n) is 6.96. The van der Waals surface area contributed by atoms with E-state index in [9.17, 15) is 9.59 Å². The van der Waals surface area contributed by atoms with E-state index < -0.39 is 0 Å². The Morgan fingerprint density at radius 2 is 2.27 bits per heavy atom. The molecule has 1 atom stereocenters. The molecule has 0 bridgehead atoms. The summed E-state index contributed by atoms with van der Waals surface area (Å²) in [6, 6.07) is 0. The summed E-state index contributed by atoms with van der Waals surface area (Å²) in [6.45, 7) is 2.28. The number of ketones is 1.